The molecule has 1 amide bonds. The van der Waals surface area contributed by atoms with E-state index in [-0.39, 0.29) is 5.91 Å². The quantitative estimate of drug-likeness (QED) is 0.495. The lowest BCUT2D eigenvalue weighted by atomic mass is 9.98. The van der Waals surface area contributed by atoms with Crippen molar-refractivity contribution >= 4 is 17.8 Å². The SMILES string of the molecule is Cc1c(-c2ccccc2)cccc1N1CCN(CCCOc2ccc3c(c2)C(=O)N=C3)CC1. The van der Waals surface area contributed by atoms with E-state index in [9.17, 15) is 4.79 Å². The molecule has 3 aromatic rings. The molecule has 0 radical (unpaired) electrons. The Kier molecular flexibility index (Phi) is 6.22. The maximum Gasteiger partial charge on any atom is 0.277 e. The van der Waals surface area contributed by atoms with Crippen LogP contribution in [0, 0.1) is 6.92 Å². The molecule has 5 nitrogen and oxygen atoms in total. The van der Waals surface area contributed by atoms with Crippen LogP contribution in [0.1, 0.15) is 27.9 Å². The number of benzene rings is 3. The number of carbonyl (C=O) groups is 1. The summed E-state index contributed by atoms with van der Waals surface area (Å²) in [4.78, 5) is 20.6. The molecule has 5 heteroatoms. The number of rotatable bonds is 7. The van der Waals surface area contributed by atoms with Crippen molar-refractivity contribution in [1.82, 2.24) is 4.90 Å². The van der Waals surface area contributed by atoms with Crippen molar-refractivity contribution in [2.24, 2.45) is 4.99 Å². The van der Waals surface area contributed by atoms with Crippen LogP contribution in [0.15, 0.2) is 71.7 Å². The van der Waals surface area contributed by atoms with Gasteiger partial charge in [0.05, 0.1) is 12.2 Å². The highest BCUT2D eigenvalue weighted by atomic mass is 16.5. The minimum absolute atomic E-state index is 0.183. The number of fused-ring (bicyclic) bond motifs is 1. The van der Waals surface area contributed by atoms with Crippen molar-refractivity contribution in [3.8, 4) is 16.9 Å². The second-order valence-corrected chi connectivity index (χ2v) is 8.66. The van der Waals surface area contributed by atoms with Gasteiger partial charge in [-0.25, -0.2) is 4.99 Å². The van der Waals surface area contributed by atoms with Gasteiger partial charge in [-0.3, -0.25) is 9.69 Å². The van der Waals surface area contributed by atoms with Crippen molar-refractivity contribution in [2.45, 2.75) is 13.3 Å². The lowest BCUT2D eigenvalue weighted by Gasteiger charge is -2.37. The first-order valence-corrected chi connectivity index (χ1v) is 11.7. The molecule has 0 saturated carbocycles. The van der Waals surface area contributed by atoms with Gasteiger partial charge in [-0.05, 0) is 54.3 Å². The van der Waals surface area contributed by atoms with E-state index in [1.54, 1.807) is 12.3 Å². The lowest BCUT2D eigenvalue weighted by molar-refractivity contribution is 0.101. The predicted octanol–water partition coefficient (Wildman–Crippen LogP) is 4.83. The number of hydrogen-bond donors (Lipinski definition) is 0. The second-order valence-electron chi connectivity index (χ2n) is 8.66. The van der Waals surface area contributed by atoms with Crippen LogP contribution >= 0.6 is 0 Å². The molecule has 0 bridgehead atoms. The fraction of sp³-hybridized carbons (Fsp3) is 0.286. The summed E-state index contributed by atoms with van der Waals surface area (Å²) in [5.41, 5.74) is 6.78. The molecule has 3 aromatic carbocycles. The third-order valence-electron chi connectivity index (χ3n) is 6.57. The van der Waals surface area contributed by atoms with E-state index in [0.29, 0.717) is 12.2 Å². The van der Waals surface area contributed by atoms with Gasteiger partial charge in [0.2, 0.25) is 0 Å². The maximum atomic E-state index is 11.7. The Hall–Kier alpha value is -3.44. The molecule has 0 spiro atoms. The highest BCUT2D eigenvalue weighted by Gasteiger charge is 2.20. The van der Waals surface area contributed by atoms with E-state index in [1.165, 1.54) is 22.4 Å². The molecule has 0 aromatic heterocycles. The zero-order chi connectivity index (χ0) is 22.6. The van der Waals surface area contributed by atoms with E-state index in [0.717, 1.165) is 50.5 Å². The minimum atomic E-state index is -0.183. The average Bonchev–Trinajstić information content (AvgIpc) is 3.23. The summed E-state index contributed by atoms with van der Waals surface area (Å²) in [5, 5.41) is 0. The summed E-state index contributed by atoms with van der Waals surface area (Å²) in [6, 6.07) is 22.9. The van der Waals surface area contributed by atoms with Crippen LogP contribution in [-0.2, 0) is 0 Å². The largest absolute Gasteiger partial charge is 0.494 e. The number of nitrogens with zero attached hydrogens (tertiary/aromatic N) is 3. The smallest absolute Gasteiger partial charge is 0.277 e. The van der Waals surface area contributed by atoms with Crippen molar-refractivity contribution in [3.63, 3.8) is 0 Å². The Bertz CT molecular complexity index is 1170. The Morgan fingerprint density at radius 2 is 1.73 bits per heavy atom. The summed E-state index contributed by atoms with van der Waals surface area (Å²) < 4.78 is 5.89. The summed E-state index contributed by atoms with van der Waals surface area (Å²) in [7, 11) is 0. The van der Waals surface area contributed by atoms with Crippen LogP contribution < -0.4 is 9.64 Å². The number of ether oxygens (including phenoxy) is 1. The van der Waals surface area contributed by atoms with E-state index in [4.69, 9.17) is 4.74 Å². The van der Waals surface area contributed by atoms with Gasteiger partial charge >= 0.3 is 0 Å². The zero-order valence-corrected chi connectivity index (χ0v) is 19.0. The van der Waals surface area contributed by atoms with Gasteiger partial charge in [-0.2, -0.15) is 0 Å². The number of piperazine rings is 1. The van der Waals surface area contributed by atoms with Gasteiger partial charge in [0, 0.05) is 50.2 Å². The predicted molar refractivity (Wildman–Crippen MR) is 134 cm³/mol. The molecule has 2 aliphatic rings. The molecule has 2 aliphatic heterocycles. The summed E-state index contributed by atoms with van der Waals surface area (Å²) in [6.45, 7) is 8.08. The number of amides is 1. The molecule has 0 N–H and O–H groups in total. The molecule has 0 atom stereocenters. The topological polar surface area (TPSA) is 45.1 Å². The van der Waals surface area contributed by atoms with Crippen molar-refractivity contribution in [1.29, 1.82) is 0 Å². The normalized spacial score (nSPS) is 15.7. The molecule has 33 heavy (non-hydrogen) atoms. The third kappa shape index (κ3) is 4.69. The summed E-state index contributed by atoms with van der Waals surface area (Å²) >= 11 is 0. The van der Waals surface area contributed by atoms with Gasteiger partial charge in [0.25, 0.3) is 5.91 Å². The lowest BCUT2D eigenvalue weighted by Crippen LogP contribution is -2.47. The van der Waals surface area contributed by atoms with E-state index >= 15 is 0 Å². The Morgan fingerprint density at radius 3 is 2.55 bits per heavy atom. The highest BCUT2D eigenvalue weighted by molar-refractivity contribution is 6.13. The molecule has 168 valence electrons. The van der Waals surface area contributed by atoms with Crippen LogP contribution in [0.25, 0.3) is 11.1 Å². The van der Waals surface area contributed by atoms with E-state index < -0.39 is 0 Å². The van der Waals surface area contributed by atoms with Crippen molar-refractivity contribution < 1.29 is 9.53 Å². The van der Waals surface area contributed by atoms with Crippen molar-refractivity contribution in [3.05, 3.63) is 83.4 Å². The molecular formula is C28H29N3O2. The molecule has 2 heterocycles. The first kappa shape index (κ1) is 21.4. The van der Waals surface area contributed by atoms with Gasteiger partial charge in [-0.15, -0.1) is 0 Å². The molecule has 0 unspecified atom stereocenters. The first-order valence-electron chi connectivity index (χ1n) is 11.7. The third-order valence-corrected chi connectivity index (χ3v) is 6.57. The van der Waals surface area contributed by atoms with Crippen LogP contribution in [0.3, 0.4) is 0 Å². The van der Waals surface area contributed by atoms with Crippen molar-refractivity contribution in [2.75, 3.05) is 44.2 Å². The van der Waals surface area contributed by atoms with Gasteiger partial charge < -0.3 is 9.64 Å². The monoisotopic (exact) mass is 439 g/mol. The zero-order valence-electron chi connectivity index (χ0n) is 19.0. The Labute approximate surface area is 195 Å². The van der Waals surface area contributed by atoms with Crippen LogP contribution in [0.4, 0.5) is 5.69 Å². The first-order chi connectivity index (χ1) is 16.2. The number of aliphatic imine (C=N–C) groups is 1. The Balaban J connectivity index is 1.10. The van der Waals surface area contributed by atoms with E-state index in [1.807, 2.05) is 12.1 Å². The summed E-state index contributed by atoms with van der Waals surface area (Å²) in [5.74, 6) is 0.559. The molecule has 1 fully saturated rings. The van der Waals surface area contributed by atoms with E-state index in [2.05, 4.69) is 70.2 Å². The number of anilines is 1. The van der Waals surface area contributed by atoms with Crippen LogP contribution in [-0.4, -0.2) is 56.4 Å². The van der Waals surface area contributed by atoms with Gasteiger partial charge in [0.1, 0.15) is 5.75 Å². The van der Waals surface area contributed by atoms with Crippen LogP contribution in [0.2, 0.25) is 0 Å². The second kappa shape index (κ2) is 9.59. The number of carbonyl (C=O) groups excluding carboxylic acids is 1. The average molecular weight is 440 g/mol. The number of hydrogen-bond acceptors (Lipinski definition) is 4. The Morgan fingerprint density at radius 1 is 0.909 bits per heavy atom. The molecule has 5 rings (SSSR count). The maximum absolute atomic E-state index is 11.7. The molecular weight excluding hydrogens is 410 g/mol. The summed E-state index contributed by atoms with van der Waals surface area (Å²) in [6.07, 6.45) is 2.57. The molecule has 0 aliphatic carbocycles. The fourth-order valence-electron chi connectivity index (χ4n) is 4.71. The highest BCUT2D eigenvalue weighted by Crippen LogP contribution is 2.31. The van der Waals surface area contributed by atoms with Gasteiger partial charge in [0.15, 0.2) is 0 Å². The molecule has 1 saturated heterocycles. The standard InChI is InChI=1S/C28H29N3O2/c1-21-25(22-7-3-2-4-8-22)9-5-10-27(21)31-16-14-30(15-17-31)13-6-18-33-24-12-11-23-20-29-28(32)26(23)19-24/h2-5,7-12,19-20H,6,13-18H2,1H3. The van der Waals surface area contributed by atoms with Gasteiger partial charge in [-0.1, -0.05) is 42.5 Å². The minimum Gasteiger partial charge on any atom is -0.494 e. The van der Waals surface area contributed by atoms with Crippen LogP contribution in [0.5, 0.6) is 5.75 Å². The fourth-order valence-corrected chi connectivity index (χ4v) is 4.71.